The van der Waals surface area contributed by atoms with E-state index in [-0.39, 0.29) is 0 Å². The molecule has 0 radical (unpaired) electrons. The molecule has 0 saturated heterocycles. The molecule has 0 aliphatic heterocycles. The van der Waals surface area contributed by atoms with Gasteiger partial charge in [-0.1, -0.05) is 33.2 Å². The highest BCUT2D eigenvalue weighted by Crippen LogP contribution is 2.25. The van der Waals surface area contributed by atoms with Gasteiger partial charge in [0, 0.05) is 16.2 Å². The molecule has 0 spiro atoms. The number of aromatic amines is 1. The Hall–Kier alpha value is -2.39. The minimum Gasteiger partial charge on any atom is -0.356 e. The second kappa shape index (κ2) is 4.94. The van der Waals surface area contributed by atoms with Gasteiger partial charge in [0.15, 0.2) is 0 Å². The molecule has 20 heavy (non-hydrogen) atoms. The average molecular weight is 329 g/mol. The van der Waals surface area contributed by atoms with Crippen LogP contribution in [0.1, 0.15) is 11.1 Å². The minimum atomic E-state index is 0.359. The highest BCUT2D eigenvalue weighted by Gasteiger charge is 2.12. The first-order valence-corrected chi connectivity index (χ1v) is 6.66. The van der Waals surface area contributed by atoms with Gasteiger partial charge in [-0.05, 0) is 24.6 Å². The van der Waals surface area contributed by atoms with Crippen molar-refractivity contribution in [1.82, 2.24) is 15.1 Å². The predicted molar refractivity (Wildman–Crippen MR) is 76.7 cm³/mol. The summed E-state index contributed by atoms with van der Waals surface area (Å²) in [6, 6.07) is 9.57. The lowest BCUT2D eigenvalue weighted by Gasteiger charge is -1.99. The van der Waals surface area contributed by atoms with E-state index in [1.54, 1.807) is 12.3 Å². The van der Waals surface area contributed by atoms with Crippen LogP contribution in [-0.2, 0) is 0 Å². The topological polar surface area (TPSA) is 78.5 Å². The summed E-state index contributed by atoms with van der Waals surface area (Å²) < 4.78 is 6.21. The van der Waals surface area contributed by atoms with Crippen LogP contribution >= 0.6 is 15.9 Å². The monoisotopic (exact) mass is 328 g/mol. The Morgan fingerprint density at radius 2 is 2.20 bits per heavy atom. The summed E-state index contributed by atoms with van der Waals surface area (Å²) in [6.07, 6.45) is 1.60. The van der Waals surface area contributed by atoms with E-state index in [0.717, 1.165) is 15.6 Å². The van der Waals surface area contributed by atoms with Crippen LogP contribution in [0.2, 0.25) is 0 Å². The summed E-state index contributed by atoms with van der Waals surface area (Å²) in [5, 5.41) is 12.8. The Morgan fingerprint density at radius 1 is 1.35 bits per heavy atom. The molecule has 6 heteroatoms. The Labute approximate surface area is 123 Å². The SMILES string of the molecule is Cc1ccc(-c2noc(-c3cc(C#N)c[nH]3)n2)cc1Br. The van der Waals surface area contributed by atoms with Crippen molar-refractivity contribution in [3.63, 3.8) is 0 Å². The van der Waals surface area contributed by atoms with E-state index >= 15 is 0 Å². The lowest BCUT2D eigenvalue weighted by molar-refractivity contribution is 0.431. The largest absolute Gasteiger partial charge is 0.356 e. The number of nitriles is 1. The third-order valence-electron chi connectivity index (χ3n) is 2.90. The van der Waals surface area contributed by atoms with Gasteiger partial charge in [0.25, 0.3) is 5.89 Å². The number of aryl methyl sites for hydroxylation is 1. The molecule has 0 fully saturated rings. The summed E-state index contributed by atoms with van der Waals surface area (Å²) in [7, 11) is 0. The third kappa shape index (κ3) is 2.24. The molecular formula is C14H9BrN4O. The van der Waals surface area contributed by atoms with Crippen LogP contribution < -0.4 is 0 Å². The minimum absolute atomic E-state index is 0.359. The number of aromatic nitrogens is 3. The van der Waals surface area contributed by atoms with Crippen LogP contribution in [-0.4, -0.2) is 15.1 Å². The number of rotatable bonds is 2. The molecule has 1 N–H and O–H groups in total. The van der Waals surface area contributed by atoms with Crippen molar-refractivity contribution in [2.75, 3.05) is 0 Å². The van der Waals surface area contributed by atoms with Gasteiger partial charge in [0.2, 0.25) is 5.82 Å². The molecule has 0 amide bonds. The van der Waals surface area contributed by atoms with Gasteiger partial charge in [-0.25, -0.2) is 0 Å². The molecule has 5 nitrogen and oxygen atoms in total. The molecule has 2 aromatic heterocycles. The number of hydrogen-bond acceptors (Lipinski definition) is 4. The molecule has 0 aliphatic carbocycles. The Bertz CT molecular complexity index is 813. The summed E-state index contributed by atoms with van der Waals surface area (Å²) >= 11 is 3.48. The summed E-state index contributed by atoms with van der Waals surface area (Å²) in [4.78, 5) is 7.26. The van der Waals surface area contributed by atoms with E-state index in [1.807, 2.05) is 31.2 Å². The van der Waals surface area contributed by atoms with Crippen molar-refractivity contribution in [2.24, 2.45) is 0 Å². The number of halogens is 1. The molecule has 0 atom stereocenters. The molecule has 0 saturated carbocycles. The van der Waals surface area contributed by atoms with Crippen molar-refractivity contribution in [1.29, 1.82) is 5.26 Å². The van der Waals surface area contributed by atoms with Gasteiger partial charge in [-0.15, -0.1) is 0 Å². The number of hydrogen-bond donors (Lipinski definition) is 1. The Kier molecular flexibility index (Phi) is 3.12. The van der Waals surface area contributed by atoms with Crippen molar-refractivity contribution in [2.45, 2.75) is 6.92 Å². The van der Waals surface area contributed by atoms with Crippen molar-refractivity contribution < 1.29 is 4.52 Å². The van der Waals surface area contributed by atoms with E-state index < -0.39 is 0 Å². The highest BCUT2D eigenvalue weighted by molar-refractivity contribution is 9.10. The summed E-state index contributed by atoms with van der Waals surface area (Å²) in [5.74, 6) is 0.868. The van der Waals surface area contributed by atoms with Crippen LogP contribution in [0.5, 0.6) is 0 Å². The first-order chi connectivity index (χ1) is 9.67. The molecule has 0 aliphatic rings. The predicted octanol–water partition coefficient (Wildman–Crippen LogP) is 3.67. The molecule has 1 aromatic carbocycles. The van der Waals surface area contributed by atoms with Crippen LogP contribution in [0.25, 0.3) is 23.0 Å². The van der Waals surface area contributed by atoms with Crippen LogP contribution in [0.3, 0.4) is 0 Å². The zero-order valence-electron chi connectivity index (χ0n) is 10.5. The van der Waals surface area contributed by atoms with Crippen molar-refractivity contribution >= 4 is 15.9 Å². The van der Waals surface area contributed by atoms with Crippen molar-refractivity contribution in [3.8, 4) is 29.0 Å². The summed E-state index contributed by atoms with van der Waals surface area (Å²) in [6.45, 7) is 2.01. The number of benzene rings is 1. The number of nitrogens with one attached hydrogen (secondary N) is 1. The Balaban J connectivity index is 1.97. The fourth-order valence-corrected chi connectivity index (χ4v) is 2.14. The van der Waals surface area contributed by atoms with E-state index in [0.29, 0.717) is 23.0 Å². The van der Waals surface area contributed by atoms with Crippen LogP contribution in [0, 0.1) is 18.3 Å². The normalized spacial score (nSPS) is 10.4. The maximum absolute atomic E-state index is 8.80. The molecular weight excluding hydrogens is 320 g/mol. The third-order valence-corrected chi connectivity index (χ3v) is 3.75. The quantitative estimate of drug-likeness (QED) is 0.778. The van der Waals surface area contributed by atoms with Gasteiger partial charge in [0.05, 0.1) is 5.56 Å². The number of nitrogens with zero attached hydrogens (tertiary/aromatic N) is 3. The molecule has 0 unspecified atom stereocenters. The Morgan fingerprint density at radius 3 is 2.90 bits per heavy atom. The molecule has 2 heterocycles. The zero-order chi connectivity index (χ0) is 14.1. The van der Waals surface area contributed by atoms with Gasteiger partial charge in [-0.2, -0.15) is 10.2 Å². The van der Waals surface area contributed by atoms with E-state index in [4.69, 9.17) is 9.78 Å². The van der Waals surface area contributed by atoms with Crippen LogP contribution in [0.15, 0.2) is 39.5 Å². The average Bonchev–Trinajstić information content (AvgIpc) is 3.09. The van der Waals surface area contributed by atoms with Crippen LogP contribution in [0.4, 0.5) is 0 Å². The van der Waals surface area contributed by atoms with Gasteiger partial charge in [0.1, 0.15) is 11.8 Å². The smallest absolute Gasteiger partial charge is 0.274 e. The van der Waals surface area contributed by atoms with Gasteiger partial charge in [-0.3, -0.25) is 0 Å². The fraction of sp³-hybridized carbons (Fsp3) is 0.0714. The first kappa shape index (κ1) is 12.6. The second-order valence-electron chi connectivity index (χ2n) is 4.30. The van der Waals surface area contributed by atoms with E-state index in [2.05, 4.69) is 31.1 Å². The first-order valence-electron chi connectivity index (χ1n) is 5.86. The van der Waals surface area contributed by atoms with Crippen molar-refractivity contribution in [3.05, 3.63) is 46.1 Å². The van der Waals surface area contributed by atoms with Gasteiger partial charge >= 0.3 is 0 Å². The molecule has 3 aromatic rings. The molecule has 0 bridgehead atoms. The second-order valence-corrected chi connectivity index (χ2v) is 5.16. The highest BCUT2D eigenvalue weighted by atomic mass is 79.9. The standard InChI is InChI=1S/C14H9BrN4O/c1-8-2-3-10(5-11(8)15)13-18-14(20-19-13)12-4-9(6-16)7-17-12/h2-5,7,17H,1H3. The number of H-pyrrole nitrogens is 1. The van der Waals surface area contributed by atoms with E-state index in [9.17, 15) is 0 Å². The maximum Gasteiger partial charge on any atom is 0.274 e. The molecule has 98 valence electrons. The van der Waals surface area contributed by atoms with E-state index in [1.165, 1.54) is 0 Å². The summed E-state index contributed by atoms with van der Waals surface area (Å²) in [5.41, 5.74) is 3.16. The lowest BCUT2D eigenvalue weighted by atomic mass is 10.1. The fourth-order valence-electron chi connectivity index (χ4n) is 1.76. The van der Waals surface area contributed by atoms with Gasteiger partial charge < -0.3 is 9.51 Å². The zero-order valence-corrected chi connectivity index (χ0v) is 12.1. The molecule has 3 rings (SSSR count). The maximum atomic E-state index is 8.80. The lowest BCUT2D eigenvalue weighted by Crippen LogP contribution is -1.83.